The van der Waals surface area contributed by atoms with Gasteiger partial charge in [0.1, 0.15) is 0 Å². The van der Waals surface area contributed by atoms with Crippen LogP contribution in [0, 0.1) is 0 Å². The molecule has 96 valence electrons. The molecule has 0 unspecified atom stereocenters. The molecule has 0 radical (unpaired) electrons. The maximum absolute atomic E-state index is 12.5. The highest BCUT2D eigenvalue weighted by molar-refractivity contribution is 5.10. The first kappa shape index (κ1) is 12.3. The molecule has 0 aliphatic carbocycles. The first-order chi connectivity index (χ1) is 8.39. The zero-order chi connectivity index (χ0) is 13.3. The molecule has 8 heteroatoms. The van der Waals surface area contributed by atoms with E-state index in [0.717, 1.165) is 11.7 Å². The van der Waals surface area contributed by atoms with E-state index in [-0.39, 0.29) is 6.54 Å². The fraction of sp³-hybridized carbons (Fsp3) is 0.300. The van der Waals surface area contributed by atoms with E-state index in [1.807, 2.05) is 0 Å². The number of alkyl halides is 3. The zero-order valence-electron chi connectivity index (χ0n) is 9.35. The van der Waals surface area contributed by atoms with Crippen molar-refractivity contribution in [3.63, 3.8) is 0 Å². The second kappa shape index (κ2) is 4.28. The Morgan fingerprint density at radius 3 is 2.39 bits per heavy atom. The highest BCUT2D eigenvalue weighted by Gasteiger charge is 2.37. The molecule has 5 nitrogen and oxygen atoms in total. The van der Waals surface area contributed by atoms with Gasteiger partial charge in [-0.05, 0) is 17.7 Å². The summed E-state index contributed by atoms with van der Waals surface area (Å²) in [7, 11) is 1.04. The summed E-state index contributed by atoms with van der Waals surface area (Å²) in [6.45, 7) is -0.0225. The van der Waals surface area contributed by atoms with Gasteiger partial charge in [-0.3, -0.25) is 9.55 Å². The van der Waals surface area contributed by atoms with E-state index >= 15 is 0 Å². The molecule has 0 aromatic carbocycles. The number of nitrogens with zero attached hydrogens (tertiary/aromatic N) is 4. The molecule has 2 aromatic rings. The van der Waals surface area contributed by atoms with E-state index in [4.69, 9.17) is 0 Å². The third-order valence-electron chi connectivity index (χ3n) is 2.38. The number of pyridine rings is 1. The second-order valence-corrected chi connectivity index (χ2v) is 3.68. The molecule has 0 saturated heterocycles. The fourth-order valence-electron chi connectivity index (χ4n) is 1.50. The summed E-state index contributed by atoms with van der Waals surface area (Å²) in [6, 6.07) is 3.21. The van der Waals surface area contributed by atoms with Gasteiger partial charge in [0.05, 0.1) is 6.54 Å². The summed E-state index contributed by atoms with van der Waals surface area (Å²) in [6.07, 6.45) is -1.65. The molecule has 0 bridgehead atoms. The third-order valence-corrected chi connectivity index (χ3v) is 2.38. The lowest BCUT2D eigenvalue weighted by atomic mass is 10.3. The van der Waals surface area contributed by atoms with E-state index in [0.29, 0.717) is 10.1 Å². The SMILES string of the molecule is Cn1c(C(F)(F)F)nn(Cc2ccncc2)c1=O. The predicted molar refractivity (Wildman–Crippen MR) is 55.8 cm³/mol. The van der Waals surface area contributed by atoms with E-state index in [2.05, 4.69) is 10.1 Å². The molecular formula is C10H9F3N4O. The predicted octanol–water partition coefficient (Wildman–Crippen LogP) is 1.04. The molecule has 2 aromatic heterocycles. The lowest BCUT2D eigenvalue weighted by Gasteiger charge is -2.02. The van der Waals surface area contributed by atoms with Crippen molar-refractivity contribution in [2.45, 2.75) is 12.7 Å². The van der Waals surface area contributed by atoms with Gasteiger partial charge in [-0.1, -0.05) is 0 Å². The minimum Gasteiger partial charge on any atom is -0.274 e. The van der Waals surface area contributed by atoms with E-state index in [1.165, 1.54) is 12.4 Å². The Morgan fingerprint density at radius 1 is 1.28 bits per heavy atom. The van der Waals surface area contributed by atoms with E-state index in [1.54, 1.807) is 12.1 Å². The molecular weight excluding hydrogens is 249 g/mol. The molecule has 2 heterocycles. The molecule has 0 spiro atoms. The first-order valence-electron chi connectivity index (χ1n) is 4.99. The molecule has 0 aliphatic rings. The maximum Gasteiger partial charge on any atom is 0.451 e. The summed E-state index contributed by atoms with van der Waals surface area (Å²) < 4.78 is 38.9. The summed E-state index contributed by atoms with van der Waals surface area (Å²) in [5.41, 5.74) is -0.155. The fourth-order valence-corrected chi connectivity index (χ4v) is 1.50. The zero-order valence-corrected chi connectivity index (χ0v) is 9.35. The lowest BCUT2D eigenvalue weighted by Crippen LogP contribution is -2.24. The van der Waals surface area contributed by atoms with Crippen LogP contribution in [0.25, 0.3) is 0 Å². The minimum atomic E-state index is -4.64. The van der Waals surface area contributed by atoms with Crippen molar-refractivity contribution in [1.29, 1.82) is 0 Å². The van der Waals surface area contributed by atoms with Crippen molar-refractivity contribution in [2.75, 3.05) is 0 Å². The van der Waals surface area contributed by atoms with Gasteiger partial charge in [0.2, 0.25) is 5.82 Å². The quantitative estimate of drug-likeness (QED) is 0.808. The maximum atomic E-state index is 12.5. The van der Waals surface area contributed by atoms with Crippen LogP contribution in [0.1, 0.15) is 11.4 Å². The first-order valence-corrected chi connectivity index (χ1v) is 4.99. The van der Waals surface area contributed by atoms with Gasteiger partial charge in [-0.2, -0.15) is 13.2 Å². The molecule has 0 amide bonds. The largest absolute Gasteiger partial charge is 0.451 e. The standard InChI is InChI=1S/C10H9F3N4O/c1-16-8(10(11,12)13)15-17(9(16)18)6-7-2-4-14-5-3-7/h2-5H,6H2,1H3. The van der Waals surface area contributed by atoms with Gasteiger partial charge in [0.15, 0.2) is 0 Å². The Labute approximate surface area is 99.5 Å². The van der Waals surface area contributed by atoms with Crippen LogP contribution in [-0.2, 0) is 19.8 Å². The molecule has 0 aliphatic heterocycles. The summed E-state index contributed by atoms with van der Waals surface area (Å²) in [5, 5.41) is 3.30. The average Bonchev–Trinajstić information content (AvgIpc) is 2.58. The smallest absolute Gasteiger partial charge is 0.274 e. The average molecular weight is 258 g/mol. The number of aromatic nitrogens is 4. The third kappa shape index (κ3) is 2.27. The Morgan fingerprint density at radius 2 is 1.89 bits per heavy atom. The van der Waals surface area contributed by atoms with Gasteiger partial charge in [0, 0.05) is 19.4 Å². The van der Waals surface area contributed by atoms with Crippen LogP contribution in [0.15, 0.2) is 29.3 Å². The Balaban J connectivity index is 2.39. The normalized spacial score (nSPS) is 11.8. The van der Waals surface area contributed by atoms with E-state index in [9.17, 15) is 18.0 Å². The van der Waals surface area contributed by atoms with Gasteiger partial charge >= 0.3 is 11.9 Å². The van der Waals surface area contributed by atoms with Crippen LogP contribution in [-0.4, -0.2) is 19.3 Å². The lowest BCUT2D eigenvalue weighted by molar-refractivity contribution is -0.147. The van der Waals surface area contributed by atoms with E-state index < -0.39 is 17.7 Å². The Hall–Kier alpha value is -2.12. The topological polar surface area (TPSA) is 52.7 Å². The van der Waals surface area contributed by atoms with Gasteiger partial charge < -0.3 is 0 Å². The van der Waals surface area contributed by atoms with Crippen molar-refractivity contribution in [3.8, 4) is 0 Å². The summed E-state index contributed by atoms with van der Waals surface area (Å²) >= 11 is 0. The van der Waals surface area contributed by atoms with Gasteiger partial charge in [-0.25, -0.2) is 9.48 Å². The number of rotatable bonds is 2. The number of hydrogen-bond donors (Lipinski definition) is 0. The number of halogens is 3. The van der Waals surface area contributed by atoms with Gasteiger partial charge in [0.25, 0.3) is 0 Å². The van der Waals surface area contributed by atoms with Crippen LogP contribution in [0.4, 0.5) is 13.2 Å². The monoisotopic (exact) mass is 258 g/mol. The highest BCUT2D eigenvalue weighted by Crippen LogP contribution is 2.26. The molecule has 0 N–H and O–H groups in total. The minimum absolute atomic E-state index is 0.0225. The molecule has 2 rings (SSSR count). The van der Waals surface area contributed by atoms with Crippen molar-refractivity contribution < 1.29 is 13.2 Å². The molecule has 18 heavy (non-hydrogen) atoms. The molecule has 0 saturated carbocycles. The van der Waals surface area contributed by atoms with Crippen LogP contribution < -0.4 is 5.69 Å². The van der Waals surface area contributed by atoms with Crippen LogP contribution in [0.5, 0.6) is 0 Å². The molecule has 0 fully saturated rings. The van der Waals surface area contributed by atoms with Crippen molar-refractivity contribution in [2.24, 2.45) is 7.05 Å². The molecule has 0 atom stereocenters. The Bertz CT molecular complexity index is 600. The van der Waals surface area contributed by atoms with Crippen LogP contribution in [0.2, 0.25) is 0 Å². The van der Waals surface area contributed by atoms with Crippen LogP contribution >= 0.6 is 0 Å². The highest BCUT2D eigenvalue weighted by atomic mass is 19.4. The van der Waals surface area contributed by atoms with Crippen molar-refractivity contribution >= 4 is 0 Å². The summed E-state index contributed by atoms with van der Waals surface area (Å²) in [5.74, 6) is -1.21. The second-order valence-electron chi connectivity index (χ2n) is 3.68. The summed E-state index contributed by atoms with van der Waals surface area (Å²) in [4.78, 5) is 15.4. The number of hydrogen-bond acceptors (Lipinski definition) is 3. The van der Waals surface area contributed by atoms with Crippen molar-refractivity contribution in [1.82, 2.24) is 19.3 Å². The Kier molecular flexibility index (Phi) is 2.93. The van der Waals surface area contributed by atoms with Crippen LogP contribution in [0.3, 0.4) is 0 Å². The van der Waals surface area contributed by atoms with Gasteiger partial charge in [-0.15, -0.1) is 5.10 Å². The van der Waals surface area contributed by atoms with Crippen molar-refractivity contribution in [3.05, 3.63) is 46.4 Å².